The molecule has 0 spiro atoms. The van der Waals surface area contributed by atoms with Crippen molar-refractivity contribution in [3.8, 4) is 16.5 Å². The fraction of sp³-hybridized carbons (Fsp3) is 0.523. The van der Waals surface area contributed by atoms with Gasteiger partial charge in [0.1, 0.15) is 34.2 Å². The molecular formula is C44H54F4N6O7S2. The third-order valence-corrected chi connectivity index (χ3v) is 14.5. The summed E-state index contributed by atoms with van der Waals surface area (Å²) >= 11 is 1.55. The molecule has 4 atom stereocenters. The van der Waals surface area contributed by atoms with Crippen molar-refractivity contribution in [3.05, 3.63) is 74.6 Å². The zero-order valence-electron chi connectivity index (χ0n) is 36.5. The maximum atomic E-state index is 14.1. The zero-order valence-corrected chi connectivity index (χ0v) is 38.1. The Bertz CT molecular complexity index is 2570. The van der Waals surface area contributed by atoms with E-state index in [4.69, 9.17) is 4.74 Å². The fourth-order valence-electron chi connectivity index (χ4n) is 7.87. The molecule has 4 aromatic rings. The number of methoxy groups -OCH3 is 1. The predicted octanol–water partition coefficient (Wildman–Crippen LogP) is 7.65. The van der Waals surface area contributed by atoms with E-state index in [1.165, 1.54) is 4.90 Å². The van der Waals surface area contributed by atoms with Crippen LogP contribution in [0.25, 0.3) is 21.6 Å². The number of carbonyl (C=O) groups excluding carboxylic acids is 3. The van der Waals surface area contributed by atoms with Crippen LogP contribution in [0.15, 0.2) is 46.6 Å². The molecule has 7 rings (SSSR count). The van der Waals surface area contributed by atoms with Gasteiger partial charge in [0.2, 0.25) is 21.8 Å². The molecule has 19 heteroatoms. The highest BCUT2D eigenvalue weighted by Crippen LogP contribution is 2.47. The van der Waals surface area contributed by atoms with Crippen molar-refractivity contribution in [1.82, 2.24) is 24.9 Å². The topological polar surface area (TPSA) is 180 Å². The highest BCUT2D eigenvalue weighted by atomic mass is 32.2. The van der Waals surface area contributed by atoms with E-state index >= 15 is 0 Å². The Morgan fingerprint density at radius 1 is 1.08 bits per heavy atom. The summed E-state index contributed by atoms with van der Waals surface area (Å²) in [6, 6.07) is 5.10. The number of hydrogen-bond acceptors (Lipinski definition) is 10. The average molecular weight is 919 g/mol. The summed E-state index contributed by atoms with van der Waals surface area (Å²) in [5.41, 5.74) is -0.161. The lowest BCUT2D eigenvalue weighted by Crippen LogP contribution is -2.58. The molecule has 3 aliphatic rings. The van der Waals surface area contributed by atoms with Gasteiger partial charge in [0.05, 0.1) is 34.8 Å². The van der Waals surface area contributed by atoms with E-state index in [0.29, 0.717) is 43.1 Å². The van der Waals surface area contributed by atoms with Crippen molar-refractivity contribution in [2.24, 2.45) is 11.3 Å². The number of carbonyl (C=O) groups is 3. The van der Waals surface area contributed by atoms with E-state index in [-0.39, 0.29) is 36.4 Å². The van der Waals surface area contributed by atoms with Crippen LogP contribution < -0.4 is 25.5 Å². The number of anilines is 1. The van der Waals surface area contributed by atoms with Gasteiger partial charge < -0.3 is 25.3 Å². The number of likely N-dealkylation sites (tertiary alicyclic amines) is 1. The molecule has 13 nitrogen and oxygen atoms in total. The monoisotopic (exact) mass is 918 g/mol. The first-order valence-corrected chi connectivity index (χ1v) is 23.3. The van der Waals surface area contributed by atoms with Gasteiger partial charge in [-0.2, -0.15) is 13.2 Å². The van der Waals surface area contributed by atoms with E-state index < -0.39 is 73.6 Å². The quantitative estimate of drug-likeness (QED) is 0.104. The highest BCUT2D eigenvalue weighted by molar-refractivity contribution is 7.91. The number of benzene rings is 2. The number of thiazole rings is 1. The molecule has 0 radical (unpaired) electrons. The molecule has 4 N–H and O–H groups in total. The molecule has 2 aromatic heterocycles. The van der Waals surface area contributed by atoms with Crippen LogP contribution in [0.3, 0.4) is 0 Å². The van der Waals surface area contributed by atoms with Crippen LogP contribution in [0, 0.1) is 24.1 Å². The summed E-state index contributed by atoms with van der Waals surface area (Å²) in [4.78, 5) is 62.0. The minimum atomic E-state index is -4.79. The summed E-state index contributed by atoms with van der Waals surface area (Å²) in [6.07, 6.45) is -2.34. The molecule has 342 valence electrons. The van der Waals surface area contributed by atoms with Crippen molar-refractivity contribution in [2.45, 2.75) is 122 Å². The Labute approximate surface area is 367 Å². The number of amides is 3. The largest absolute Gasteiger partial charge is 0.496 e. The van der Waals surface area contributed by atoms with Crippen LogP contribution in [0.4, 0.5) is 23.2 Å². The van der Waals surface area contributed by atoms with Crippen LogP contribution >= 0.6 is 11.3 Å². The number of aromatic nitrogens is 2. The normalized spacial score (nSPS) is 20.5. The lowest BCUT2D eigenvalue weighted by atomic mass is 9.85. The second kappa shape index (κ2) is 17.9. The molecule has 2 aliphatic carbocycles. The van der Waals surface area contributed by atoms with Crippen LogP contribution in [0.5, 0.6) is 5.75 Å². The maximum absolute atomic E-state index is 14.1. The van der Waals surface area contributed by atoms with E-state index in [1.807, 2.05) is 25.3 Å². The Morgan fingerprint density at radius 3 is 2.35 bits per heavy atom. The number of ether oxygens (including phenoxy) is 1. The number of rotatable bonds is 12. The van der Waals surface area contributed by atoms with Crippen LogP contribution in [0.2, 0.25) is 0 Å². The highest BCUT2D eigenvalue weighted by Gasteiger charge is 2.62. The Hall–Kier alpha value is -5.04. The summed E-state index contributed by atoms with van der Waals surface area (Å²) in [5, 5.41) is 8.42. The summed E-state index contributed by atoms with van der Waals surface area (Å²) in [6.45, 7) is 13.2. The second-order valence-corrected chi connectivity index (χ2v) is 20.7. The fourth-order valence-corrected chi connectivity index (χ4v) is 10.2. The van der Waals surface area contributed by atoms with Gasteiger partial charge in [-0.25, -0.2) is 17.8 Å². The molecule has 0 bridgehead atoms. The number of nitrogens with one attached hydrogen (secondary N) is 4. The molecule has 2 unspecified atom stereocenters. The van der Waals surface area contributed by atoms with Crippen LogP contribution in [0.1, 0.15) is 103 Å². The summed E-state index contributed by atoms with van der Waals surface area (Å²) in [5.74, 6) is -2.22. The van der Waals surface area contributed by atoms with Crippen molar-refractivity contribution in [3.63, 3.8) is 0 Å². The smallest absolute Gasteiger partial charge is 0.416 e. The van der Waals surface area contributed by atoms with Gasteiger partial charge in [0.15, 0.2) is 5.43 Å². The number of pyridine rings is 1. The number of hydrogen-bond donors (Lipinski definition) is 4. The SMILES string of the molecule is CCC1C[C@]1(NC(=O)C1CCCN1C(=O)[C@@H](Nc1cc(F)cc(C(F)(F)F)c1)C(C)(C)C)C(=O)NS(=O)(=O)C1CC1.COc1ccc2c(=O)cc(-c3nc(C(C)C)cs3)[nH]c2c1C. The molecule has 1 saturated heterocycles. The molecule has 1 aliphatic heterocycles. The van der Waals surface area contributed by atoms with Crippen LogP contribution in [-0.4, -0.2) is 77.5 Å². The van der Waals surface area contributed by atoms with Crippen molar-refractivity contribution in [1.29, 1.82) is 0 Å². The van der Waals surface area contributed by atoms with Crippen molar-refractivity contribution < 1.29 is 45.1 Å². The number of nitrogens with zero attached hydrogens (tertiary/aromatic N) is 2. The molecule has 2 saturated carbocycles. The van der Waals surface area contributed by atoms with Gasteiger partial charge in [-0.3, -0.25) is 23.9 Å². The van der Waals surface area contributed by atoms with Crippen LogP contribution in [-0.2, 0) is 30.6 Å². The first-order valence-electron chi connectivity index (χ1n) is 20.9. The zero-order chi connectivity index (χ0) is 46.4. The standard InChI is InChI=1S/C27H36F4N4O5S.C17H18N2O2S/c1-5-15-14-26(15,24(38)34-41(39,40)19-8-9-19)33-22(36)20-7-6-10-35(20)23(37)21(25(2,3)4)32-18-12-16(27(29,30)31)11-17(28)13-18;1-9(2)13-8-22-17(19-13)12-7-14(20)11-5-6-15(21-4)10(3)16(11)18-12/h11-13,15,19-21,32H,5-10,14H2,1-4H3,(H,33,36)(H,34,38);5-9H,1-4H3,(H,18,20)/t15?,20?,21-,26-;/m1./s1. The summed E-state index contributed by atoms with van der Waals surface area (Å²) in [7, 11) is -2.20. The van der Waals surface area contributed by atoms with Gasteiger partial charge >= 0.3 is 6.18 Å². The van der Waals surface area contributed by atoms with Gasteiger partial charge in [0.25, 0.3) is 5.91 Å². The average Bonchev–Trinajstić information content (AvgIpc) is 4.06. The molecule has 3 heterocycles. The number of aromatic amines is 1. The number of halogens is 4. The van der Waals surface area contributed by atoms with E-state index in [2.05, 4.69) is 39.2 Å². The minimum absolute atomic E-state index is 0.00389. The Kier molecular flexibility index (Phi) is 13.4. The van der Waals surface area contributed by atoms with Gasteiger partial charge in [0, 0.05) is 34.6 Å². The van der Waals surface area contributed by atoms with Crippen molar-refractivity contribution in [2.75, 3.05) is 19.0 Å². The number of alkyl halides is 3. The molecule has 3 amide bonds. The van der Waals surface area contributed by atoms with E-state index in [9.17, 15) is 45.2 Å². The van der Waals surface area contributed by atoms with Gasteiger partial charge in [-0.1, -0.05) is 48.0 Å². The summed E-state index contributed by atoms with van der Waals surface area (Å²) < 4.78 is 86.1. The first kappa shape index (κ1) is 47.4. The third kappa shape index (κ3) is 10.3. The lowest BCUT2D eigenvalue weighted by Gasteiger charge is -2.36. The van der Waals surface area contributed by atoms with Crippen molar-refractivity contribution >= 4 is 55.7 Å². The molecular weight excluding hydrogens is 865 g/mol. The van der Waals surface area contributed by atoms with Gasteiger partial charge in [-0.05, 0) is 86.6 Å². The van der Waals surface area contributed by atoms with E-state index in [1.54, 1.807) is 51.4 Å². The first-order chi connectivity index (χ1) is 29.4. The van der Waals surface area contributed by atoms with Gasteiger partial charge in [-0.15, -0.1) is 11.3 Å². The predicted molar refractivity (Wildman–Crippen MR) is 233 cm³/mol. The number of H-pyrrole nitrogens is 1. The second-order valence-electron chi connectivity index (χ2n) is 17.9. The van der Waals surface area contributed by atoms with E-state index in [0.717, 1.165) is 45.4 Å². The number of sulfonamides is 1. The third-order valence-electron chi connectivity index (χ3n) is 11.8. The molecule has 3 fully saturated rings. The Balaban J connectivity index is 0.000000251. The lowest BCUT2D eigenvalue weighted by molar-refractivity contribution is -0.141. The number of aryl methyl sites for hydroxylation is 1. The minimum Gasteiger partial charge on any atom is -0.496 e. The maximum Gasteiger partial charge on any atom is 0.416 e. The molecule has 2 aromatic carbocycles. The molecule has 63 heavy (non-hydrogen) atoms. The Morgan fingerprint density at radius 2 is 1.78 bits per heavy atom. The number of fused-ring (bicyclic) bond motifs is 1.